The molecular weight excluding hydrogens is 536 g/mol. The van der Waals surface area contributed by atoms with Gasteiger partial charge in [0.2, 0.25) is 23.2 Å². The normalized spacial score (nSPS) is 18.6. The first-order valence-corrected chi connectivity index (χ1v) is 12.9. The van der Waals surface area contributed by atoms with Crippen LogP contribution in [0, 0.1) is 34.5 Å². The molecule has 42 heavy (non-hydrogen) atoms. The third-order valence-corrected chi connectivity index (χ3v) is 6.56. The zero-order chi connectivity index (χ0) is 29.6. The van der Waals surface area contributed by atoms with Crippen molar-refractivity contribution < 1.29 is 9.59 Å². The molecule has 0 unspecified atom stereocenters. The van der Waals surface area contributed by atoms with Crippen LogP contribution in [0.4, 0.5) is 11.4 Å². The molecule has 208 valence electrons. The summed E-state index contributed by atoms with van der Waals surface area (Å²) >= 11 is 0. The predicted octanol–water partition coefficient (Wildman–Crippen LogP) is 2.89. The Balaban J connectivity index is 1.29. The molecule has 0 saturated heterocycles. The van der Waals surface area contributed by atoms with E-state index in [-0.39, 0.29) is 46.0 Å². The van der Waals surface area contributed by atoms with Crippen molar-refractivity contribution in [2.45, 2.75) is 26.7 Å². The van der Waals surface area contributed by atoms with E-state index in [9.17, 15) is 20.1 Å². The van der Waals surface area contributed by atoms with Crippen LogP contribution in [-0.4, -0.2) is 33.2 Å². The summed E-state index contributed by atoms with van der Waals surface area (Å²) in [5.41, 5.74) is 9.81. The Labute approximate surface area is 239 Å². The molecule has 14 nitrogen and oxygen atoms in total. The predicted molar refractivity (Wildman–Crippen MR) is 151 cm³/mol. The summed E-state index contributed by atoms with van der Waals surface area (Å²) < 4.78 is 0. The first kappa shape index (κ1) is 27.5. The van der Waals surface area contributed by atoms with Gasteiger partial charge in [-0.15, -0.1) is 20.5 Å². The van der Waals surface area contributed by atoms with Gasteiger partial charge in [-0.3, -0.25) is 9.59 Å². The Hall–Kier alpha value is -6.02. The number of nitrogens with one attached hydrogen (secondary N) is 4. The molecule has 0 aliphatic carbocycles. The van der Waals surface area contributed by atoms with Crippen molar-refractivity contribution in [2.24, 2.45) is 42.5 Å². The second kappa shape index (κ2) is 12.0. The number of rotatable bonds is 6. The molecule has 4 N–H and O–H groups in total. The molecular formula is C28H24N12O2. The van der Waals surface area contributed by atoms with E-state index in [2.05, 4.69) is 51.5 Å². The standard InChI is InChI=1S/C28H24N12O2/c1-15-11-23(41)37-39-25(15)17-3-7-19(8-4-17)33-35-21(13-29)27-31-28(32-27)22(14-30)36-34-20-9-5-18(6-10-20)26-16(2)12-24(42)38-40-26/h3-10,15-16,31-32H,11-12H2,1-2H3,(H,37,41)(H,38,42)/t15-,16-/m1/s1. The van der Waals surface area contributed by atoms with E-state index in [0.29, 0.717) is 24.2 Å². The minimum absolute atomic E-state index is 0.00468. The van der Waals surface area contributed by atoms with Gasteiger partial charge in [0.05, 0.1) is 22.8 Å². The van der Waals surface area contributed by atoms with Gasteiger partial charge in [0, 0.05) is 24.7 Å². The maximum Gasteiger partial charge on any atom is 0.240 e. The molecule has 0 fully saturated rings. The summed E-state index contributed by atoms with van der Waals surface area (Å²) in [4.78, 5) is 28.7. The lowest BCUT2D eigenvalue weighted by Gasteiger charge is -2.19. The van der Waals surface area contributed by atoms with Gasteiger partial charge in [-0.05, 0) is 35.4 Å². The van der Waals surface area contributed by atoms with Crippen LogP contribution in [-0.2, 0) is 9.59 Å². The van der Waals surface area contributed by atoms with Crippen molar-refractivity contribution in [2.75, 3.05) is 0 Å². The van der Waals surface area contributed by atoms with E-state index in [0.717, 1.165) is 22.6 Å². The van der Waals surface area contributed by atoms with Gasteiger partial charge in [0.15, 0.2) is 0 Å². The number of nitrogens with zero attached hydrogens (tertiary/aromatic N) is 8. The molecule has 2 aliphatic rings. The maximum absolute atomic E-state index is 11.5. The Kier molecular flexibility index (Phi) is 7.88. The van der Waals surface area contributed by atoms with Crippen molar-refractivity contribution in [1.82, 2.24) is 20.8 Å². The van der Waals surface area contributed by atoms with Gasteiger partial charge in [0.1, 0.15) is 23.1 Å². The van der Waals surface area contributed by atoms with Crippen molar-refractivity contribution >= 4 is 46.0 Å². The first-order valence-electron chi connectivity index (χ1n) is 12.9. The van der Waals surface area contributed by atoms with E-state index in [4.69, 9.17) is 0 Å². The second-order valence-corrected chi connectivity index (χ2v) is 9.69. The Bertz CT molecular complexity index is 1710. The topological polar surface area (TPSA) is 212 Å². The average molecular weight is 561 g/mol. The summed E-state index contributed by atoms with van der Waals surface area (Å²) in [6.07, 6.45) is 0.743. The number of carbonyl (C=O) groups excluding carboxylic acids is 2. The highest BCUT2D eigenvalue weighted by molar-refractivity contribution is 6.06. The number of aromatic nitrogens is 2. The Morgan fingerprint density at radius 3 is 1.43 bits per heavy atom. The highest BCUT2D eigenvalue weighted by Gasteiger charge is 2.22. The number of carbonyl (C=O) groups is 2. The lowest BCUT2D eigenvalue weighted by molar-refractivity contribution is -0.122. The molecule has 3 heterocycles. The van der Waals surface area contributed by atoms with Crippen LogP contribution in [0.25, 0.3) is 11.4 Å². The average Bonchev–Trinajstić information content (AvgIpc) is 2.96. The molecule has 0 bridgehead atoms. The first-order chi connectivity index (χ1) is 20.3. The quantitative estimate of drug-likeness (QED) is 0.335. The lowest BCUT2D eigenvalue weighted by Crippen LogP contribution is -2.39. The van der Waals surface area contributed by atoms with E-state index in [1.54, 1.807) is 24.3 Å². The number of hydrogen-bond acceptors (Lipinski definition) is 10. The maximum atomic E-state index is 11.5. The molecule has 0 radical (unpaired) electrons. The van der Waals surface area contributed by atoms with Crippen LogP contribution in [0.15, 0.2) is 79.2 Å². The van der Waals surface area contributed by atoms with Gasteiger partial charge < -0.3 is 9.97 Å². The van der Waals surface area contributed by atoms with Crippen LogP contribution < -0.4 is 21.8 Å². The second-order valence-electron chi connectivity index (χ2n) is 9.69. The van der Waals surface area contributed by atoms with Crippen LogP contribution in [0.1, 0.15) is 37.8 Å². The largest absolute Gasteiger partial charge is 0.323 e. The summed E-state index contributed by atoms with van der Waals surface area (Å²) in [6.45, 7) is 3.87. The van der Waals surface area contributed by atoms with Crippen LogP contribution >= 0.6 is 0 Å². The lowest BCUT2D eigenvalue weighted by atomic mass is 9.94. The van der Waals surface area contributed by atoms with Crippen molar-refractivity contribution in [3.63, 3.8) is 0 Å². The molecule has 3 aromatic rings. The third-order valence-electron chi connectivity index (χ3n) is 6.56. The molecule has 0 saturated carbocycles. The van der Waals surface area contributed by atoms with Crippen molar-refractivity contribution in [3.8, 4) is 12.1 Å². The fourth-order valence-electron chi connectivity index (χ4n) is 4.36. The number of nitriles is 2. The number of azo groups is 2. The SMILES string of the molecule is C[C@@H]1CC(=O)NN=C1c1ccc(N=NC(C#N)=c2[nH]c(=C(C#N)N=Nc3ccc(C4=NNC(=O)C[C@H]4C)cc3)[nH]2)cc1. The molecule has 5 rings (SSSR count). The van der Waals surface area contributed by atoms with Gasteiger partial charge in [-0.1, -0.05) is 38.1 Å². The van der Waals surface area contributed by atoms with Gasteiger partial charge in [0.25, 0.3) is 0 Å². The highest BCUT2D eigenvalue weighted by Crippen LogP contribution is 2.22. The van der Waals surface area contributed by atoms with E-state index in [1.165, 1.54) is 0 Å². The number of benzene rings is 2. The van der Waals surface area contributed by atoms with Crippen molar-refractivity contribution in [3.05, 3.63) is 70.6 Å². The molecule has 0 spiro atoms. The fourth-order valence-corrected chi connectivity index (χ4v) is 4.36. The van der Waals surface area contributed by atoms with Crippen molar-refractivity contribution in [1.29, 1.82) is 10.5 Å². The number of H-pyrrole nitrogens is 2. The van der Waals surface area contributed by atoms with Crippen LogP contribution in [0.2, 0.25) is 0 Å². The number of hydrazone groups is 2. The smallest absolute Gasteiger partial charge is 0.240 e. The van der Waals surface area contributed by atoms with E-state index in [1.807, 2.05) is 50.3 Å². The summed E-state index contributed by atoms with van der Waals surface area (Å²) in [7, 11) is 0. The van der Waals surface area contributed by atoms with Gasteiger partial charge in [-0.25, -0.2) is 10.9 Å². The zero-order valence-corrected chi connectivity index (χ0v) is 22.6. The fraction of sp³-hybridized carbons (Fsp3) is 0.214. The molecule has 2 aromatic carbocycles. The van der Waals surface area contributed by atoms with Crippen LogP contribution in [0.5, 0.6) is 0 Å². The highest BCUT2D eigenvalue weighted by atomic mass is 16.2. The minimum Gasteiger partial charge on any atom is -0.323 e. The third kappa shape index (κ3) is 6.08. The van der Waals surface area contributed by atoms with Crippen LogP contribution in [0.3, 0.4) is 0 Å². The molecule has 2 atom stereocenters. The number of aromatic amines is 2. The monoisotopic (exact) mass is 560 g/mol. The Morgan fingerprint density at radius 2 is 1.10 bits per heavy atom. The molecule has 1 aromatic heterocycles. The molecule has 14 heteroatoms. The number of hydrogen-bond donors (Lipinski definition) is 4. The molecule has 2 amide bonds. The van der Waals surface area contributed by atoms with E-state index < -0.39 is 0 Å². The number of amides is 2. The van der Waals surface area contributed by atoms with Gasteiger partial charge >= 0.3 is 0 Å². The summed E-state index contributed by atoms with van der Waals surface area (Å²) in [6, 6.07) is 18.2. The van der Waals surface area contributed by atoms with Gasteiger partial charge in [-0.2, -0.15) is 20.7 Å². The molecule has 2 aliphatic heterocycles. The Morgan fingerprint density at radius 1 is 0.714 bits per heavy atom. The van der Waals surface area contributed by atoms with E-state index >= 15 is 0 Å². The zero-order valence-electron chi connectivity index (χ0n) is 22.6. The summed E-state index contributed by atoms with van der Waals surface area (Å²) in [5.74, 6) is -0.233. The minimum atomic E-state index is -0.112. The summed E-state index contributed by atoms with van der Waals surface area (Å²) in [5, 5.41) is 43.6.